The Morgan fingerprint density at radius 2 is 2.16 bits per heavy atom. The van der Waals surface area contributed by atoms with Crippen LogP contribution in [0.1, 0.15) is 23.1 Å². The molecule has 2 rings (SSSR count). The zero-order valence-electron chi connectivity index (χ0n) is 10.1. The number of hydrogen-bond acceptors (Lipinski definition) is 3. The van der Waals surface area contributed by atoms with Crippen LogP contribution >= 0.6 is 11.6 Å². The molecule has 2 unspecified atom stereocenters. The average Bonchev–Trinajstić information content (AvgIpc) is 2.43. The summed E-state index contributed by atoms with van der Waals surface area (Å²) in [6.07, 6.45) is 2.18. The van der Waals surface area contributed by atoms with Crippen molar-refractivity contribution in [3.8, 4) is 0 Å². The molecule has 3 nitrogen and oxygen atoms in total. The van der Waals surface area contributed by atoms with Gasteiger partial charge in [0.1, 0.15) is 5.82 Å². The van der Waals surface area contributed by atoms with Gasteiger partial charge >= 0.3 is 0 Å². The first-order valence-corrected chi connectivity index (χ1v) is 6.24. The molecule has 1 heterocycles. The molecule has 100 valence electrons. The van der Waals surface area contributed by atoms with E-state index >= 15 is 0 Å². The number of rotatable bonds is 4. The average molecular weight is 281 g/mol. The molecule has 0 radical (unpaired) electrons. The topological polar surface area (TPSA) is 59.1 Å². The Bertz CT molecular complexity index is 550. The Morgan fingerprint density at radius 1 is 1.37 bits per heavy atom. The molecule has 0 spiro atoms. The molecule has 0 aliphatic rings. The summed E-state index contributed by atoms with van der Waals surface area (Å²) in [6.45, 7) is 0.179. The van der Waals surface area contributed by atoms with E-state index in [1.165, 1.54) is 18.2 Å². The predicted molar refractivity (Wildman–Crippen MR) is 72.4 cm³/mol. The van der Waals surface area contributed by atoms with Crippen molar-refractivity contribution in [3.05, 3.63) is 64.7 Å². The lowest BCUT2D eigenvalue weighted by molar-refractivity contribution is 0.143. The molecular weight excluding hydrogens is 267 g/mol. The van der Waals surface area contributed by atoms with Crippen molar-refractivity contribution in [3.63, 3.8) is 0 Å². The fourth-order valence-corrected chi connectivity index (χ4v) is 2.18. The van der Waals surface area contributed by atoms with Crippen LogP contribution in [0.15, 0.2) is 42.7 Å². The molecule has 0 bridgehead atoms. The molecule has 0 saturated carbocycles. The number of pyridine rings is 1. The standard InChI is InChI=1S/C14H14ClFN2O/c15-10-3-4-13(16)11(6-10)14(19)12(7-17)9-2-1-5-18-8-9/h1-6,8,12,14,19H,7,17H2. The Hall–Kier alpha value is -1.49. The summed E-state index contributed by atoms with van der Waals surface area (Å²) in [5.41, 5.74) is 6.59. The van der Waals surface area contributed by atoms with E-state index < -0.39 is 17.8 Å². The van der Waals surface area contributed by atoms with Crippen LogP contribution in [0.3, 0.4) is 0 Å². The summed E-state index contributed by atoms with van der Waals surface area (Å²) in [5, 5.41) is 10.7. The van der Waals surface area contributed by atoms with Gasteiger partial charge in [0, 0.05) is 35.4 Å². The molecule has 0 aliphatic carbocycles. The van der Waals surface area contributed by atoms with Crippen molar-refractivity contribution in [1.29, 1.82) is 0 Å². The van der Waals surface area contributed by atoms with Crippen LogP contribution in [-0.2, 0) is 0 Å². The molecule has 19 heavy (non-hydrogen) atoms. The molecule has 3 N–H and O–H groups in total. The van der Waals surface area contributed by atoms with E-state index in [1.54, 1.807) is 24.5 Å². The minimum atomic E-state index is -1.06. The van der Waals surface area contributed by atoms with Crippen molar-refractivity contribution < 1.29 is 9.50 Å². The number of benzene rings is 1. The Balaban J connectivity index is 2.36. The molecule has 5 heteroatoms. The minimum Gasteiger partial charge on any atom is -0.388 e. The summed E-state index contributed by atoms with van der Waals surface area (Å²) in [6, 6.07) is 7.64. The number of nitrogens with zero attached hydrogens (tertiary/aromatic N) is 1. The molecule has 0 saturated heterocycles. The van der Waals surface area contributed by atoms with Gasteiger partial charge in [0.05, 0.1) is 6.10 Å². The highest BCUT2D eigenvalue weighted by Gasteiger charge is 2.24. The first kappa shape index (κ1) is 13.9. The molecule has 2 aromatic rings. The van der Waals surface area contributed by atoms with Gasteiger partial charge in [-0.3, -0.25) is 4.98 Å². The Kier molecular flexibility index (Phi) is 4.47. The maximum Gasteiger partial charge on any atom is 0.129 e. The summed E-state index contributed by atoms with van der Waals surface area (Å²) in [7, 11) is 0. The highest BCUT2D eigenvalue weighted by Crippen LogP contribution is 2.32. The third kappa shape index (κ3) is 3.10. The number of hydrogen-bond donors (Lipinski definition) is 2. The van der Waals surface area contributed by atoms with Gasteiger partial charge in [-0.15, -0.1) is 0 Å². The molecule has 1 aromatic heterocycles. The van der Waals surface area contributed by atoms with Crippen molar-refractivity contribution >= 4 is 11.6 Å². The molecule has 0 amide bonds. The van der Waals surface area contributed by atoms with Gasteiger partial charge in [0.2, 0.25) is 0 Å². The fourth-order valence-electron chi connectivity index (χ4n) is 2.00. The van der Waals surface area contributed by atoms with E-state index in [4.69, 9.17) is 17.3 Å². The lowest BCUT2D eigenvalue weighted by Crippen LogP contribution is -2.21. The number of aromatic nitrogens is 1. The lowest BCUT2D eigenvalue weighted by atomic mass is 9.90. The quantitative estimate of drug-likeness (QED) is 0.905. The van der Waals surface area contributed by atoms with Crippen molar-refractivity contribution in [1.82, 2.24) is 4.98 Å². The maximum atomic E-state index is 13.8. The van der Waals surface area contributed by atoms with Gasteiger partial charge in [-0.2, -0.15) is 0 Å². The summed E-state index contributed by atoms with van der Waals surface area (Å²) in [5.74, 6) is -0.930. The van der Waals surface area contributed by atoms with Gasteiger partial charge in [0.25, 0.3) is 0 Å². The molecule has 0 fully saturated rings. The molecular formula is C14H14ClFN2O. The van der Waals surface area contributed by atoms with Crippen LogP contribution in [0, 0.1) is 5.82 Å². The highest BCUT2D eigenvalue weighted by atomic mass is 35.5. The van der Waals surface area contributed by atoms with E-state index in [-0.39, 0.29) is 12.1 Å². The van der Waals surface area contributed by atoms with Gasteiger partial charge in [-0.05, 0) is 29.8 Å². The van der Waals surface area contributed by atoms with Crippen molar-refractivity contribution in [2.45, 2.75) is 12.0 Å². The first-order chi connectivity index (χ1) is 9.13. The van der Waals surface area contributed by atoms with Crippen molar-refractivity contribution in [2.24, 2.45) is 5.73 Å². The van der Waals surface area contributed by atoms with Crippen LogP contribution in [0.2, 0.25) is 5.02 Å². The lowest BCUT2D eigenvalue weighted by Gasteiger charge is -2.22. The monoisotopic (exact) mass is 280 g/mol. The smallest absolute Gasteiger partial charge is 0.129 e. The van der Waals surface area contributed by atoms with Crippen LogP contribution in [0.4, 0.5) is 4.39 Å². The largest absolute Gasteiger partial charge is 0.388 e. The van der Waals surface area contributed by atoms with E-state index in [9.17, 15) is 9.50 Å². The number of aliphatic hydroxyl groups is 1. The van der Waals surface area contributed by atoms with Gasteiger partial charge in [-0.25, -0.2) is 4.39 Å². The number of aliphatic hydroxyl groups excluding tert-OH is 1. The normalized spacial score (nSPS) is 14.1. The summed E-state index contributed by atoms with van der Waals surface area (Å²) >= 11 is 5.83. The third-order valence-electron chi connectivity index (χ3n) is 3.02. The maximum absolute atomic E-state index is 13.8. The predicted octanol–water partition coefficient (Wildman–Crippen LogP) is 2.65. The summed E-state index contributed by atoms with van der Waals surface area (Å²) < 4.78 is 13.8. The molecule has 2 atom stereocenters. The Labute approximate surface area is 115 Å². The van der Waals surface area contributed by atoms with E-state index in [2.05, 4.69) is 4.98 Å². The van der Waals surface area contributed by atoms with E-state index in [0.717, 1.165) is 5.56 Å². The number of halogens is 2. The zero-order valence-corrected chi connectivity index (χ0v) is 10.9. The van der Waals surface area contributed by atoms with Gasteiger partial charge < -0.3 is 10.8 Å². The second-order valence-corrected chi connectivity index (χ2v) is 4.68. The zero-order chi connectivity index (χ0) is 13.8. The third-order valence-corrected chi connectivity index (χ3v) is 3.26. The number of nitrogens with two attached hydrogens (primary N) is 1. The van der Waals surface area contributed by atoms with Crippen LogP contribution < -0.4 is 5.73 Å². The van der Waals surface area contributed by atoms with Crippen LogP contribution in [-0.4, -0.2) is 16.6 Å². The molecule has 0 aliphatic heterocycles. The fraction of sp³-hybridized carbons (Fsp3) is 0.214. The van der Waals surface area contributed by atoms with Crippen LogP contribution in [0.25, 0.3) is 0 Å². The second-order valence-electron chi connectivity index (χ2n) is 4.24. The van der Waals surface area contributed by atoms with E-state index in [0.29, 0.717) is 5.02 Å². The highest BCUT2D eigenvalue weighted by molar-refractivity contribution is 6.30. The SMILES string of the molecule is NCC(c1cccnc1)C(O)c1cc(Cl)ccc1F. The van der Waals surface area contributed by atoms with Gasteiger partial charge in [-0.1, -0.05) is 17.7 Å². The van der Waals surface area contributed by atoms with E-state index in [1.807, 2.05) is 0 Å². The summed E-state index contributed by atoms with van der Waals surface area (Å²) in [4.78, 5) is 3.98. The first-order valence-electron chi connectivity index (χ1n) is 5.86. The van der Waals surface area contributed by atoms with Gasteiger partial charge in [0.15, 0.2) is 0 Å². The van der Waals surface area contributed by atoms with Crippen LogP contribution in [0.5, 0.6) is 0 Å². The Morgan fingerprint density at radius 3 is 2.79 bits per heavy atom. The minimum absolute atomic E-state index is 0.145. The molecule has 1 aromatic carbocycles. The second kappa shape index (κ2) is 6.10. The van der Waals surface area contributed by atoms with Crippen molar-refractivity contribution in [2.75, 3.05) is 6.54 Å².